The number of carbonyl (C=O) groups excluding carboxylic acids is 1. The molecule has 1 aromatic rings. The monoisotopic (exact) mass is 238 g/mol. The summed E-state index contributed by atoms with van der Waals surface area (Å²) in [6.07, 6.45) is 1.81. The Morgan fingerprint density at radius 3 is 2.82 bits per heavy atom. The lowest BCUT2D eigenvalue weighted by Gasteiger charge is -2.16. The highest BCUT2D eigenvalue weighted by molar-refractivity contribution is 5.92. The zero-order chi connectivity index (χ0) is 12.8. The van der Waals surface area contributed by atoms with Crippen LogP contribution < -0.4 is 5.32 Å². The summed E-state index contributed by atoms with van der Waals surface area (Å²) in [5, 5.41) is 7.36. The smallest absolute Gasteiger partial charge is 0.271 e. The molecule has 17 heavy (non-hydrogen) atoms. The number of hydrogen-bond donors (Lipinski definition) is 1. The summed E-state index contributed by atoms with van der Waals surface area (Å²) < 4.78 is 1.66. The molecule has 1 heterocycles. The van der Waals surface area contributed by atoms with E-state index in [1.807, 2.05) is 34.1 Å². The summed E-state index contributed by atoms with van der Waals surface area (Å²) in [4.78, 5) is 13.9. The lowest BCUT2D eigenvalue weighted by Crippen LogP contribution is -2.30. The molecular formula is C12H22N4O. The minimum Gasteiger partial charge on any atom is -0.340 e. The molecular weight excluding hydrogens is 216 g/mol. The van der Waals surface area contributed by atoms with Crippen LogP contribution in [-0.2, 0) is 13.5 Å². The van der Waals surface area contributed by atoms with Crippen LogP contribution in [0.3, 0.4) is 0 Å². The topological polar surface area (TPSA) is 50.2 Å². The lowest BCUT2D eigenvalue weighted by molar-refractivity contribution is 0.0783. The van der Waals surface area contributed by atoms with Crippen LogP contribution in [0, 0.1) is 0 Å². The molecule has 0 saturated heterocycles. The van der Waals surface area contributed by atoms with Gasteiger partial charge in [0, 0.05) is 20.6 Å². The predicted molar refractivity (Wildman–Crippen MR) is 68.1 cm³/mol. The van der Waals surface area contributed by atoms with Crippen molar-refractivity contribution >= 4 is 5.91 Å². The van der Waals surface area contributed by atoms with Gasteiger partial charge >= 0.3 is 0 Å². The van der Waals surface area contributed by atoms with Crippen molar-refractivity contribution in [1.29, 1.82) is 0 Å². The first-order valence-electron chi connectivity index (χ1n) is 6.03. The molecule has 0 radical (unpaired) electrons. The molecule has 5 heteroatoms. The molecule has 1 aromatic heterocycles. The fourth-order valence-electron chi connectivity index (χ4n) is 1.69. The Balaban J connectivity index is 2.64. The second-order valence-corrected chi connectivity index (χ2v) is 4.18. The number of carbonyl (C=O) groups is 1. The van der Waals surface area contributed by atoms with E-state index in [2.05, 4.69) is 10.4 Å². The van der Waals surface area contributed by atoms with Crippen molar-refractivity contribution in [2.75, 3.05) is 27.2 Å². The molecule has 1 rings (SSSR count). The molecule has 0 aromatic carbocycles. The van der Waals surface area contributed by atoms with Crippen LogP contribution >= 0.6 is 0 Å². The van der Waals surface area contributed by atoms with Gasteiger partial charge in [-0.15, -0.1) is 0 Å². The molecule has 5 nitrogen and oxygen atoms in total. The van der Waals surface area contributed by atoms with Crippen LogP contribution in [0.2, 0.25) is 0 Å². The van der Waals surface area contributed by atoms with Gasteiger partial charge < -0.3 is 10.2 Å². The minimum absolute atomic E-state index is 0.0378. The van der Waals surface area contributed by atoms with E-state index in [1.54, 1.807) is 9.58 Å². The van der Waals surface area contributed by atoms with Gasteiger partial charge in [0.15, 0.2) is 0 Å². The van der Waals surface area contributed by atoms with Gasteiger partial charge in [-0.3, -0.25) is 9.48 Å². The second kappa shape index (κ2) is 6.39. The van der Waals surface area contributed by atoms with E-state index in [9.17, 15) is 4.79 Å². The summed E-state index contributed by atoms with van der Waals surface area (Å²) in [6.45, 7) is 3.71. The van der Waals surface area contributed by atoms with E-state index in [4.69, 9.17) is 0 Å². The number of aryl methyl sites for hydroxylation is 2. The molecule has 1 amide bonds. The van der Waals surface area contributed by atoms with E-state index >= 15 is 0 Å². The van der Waals surface area contributed by atoms with Crippen molar-refractivity contribution in [3.63, 3.8) is 0 Å². The number of amides is 1. The Labute approximate surface area is 103 Å². The zero-order valence-corrected chi connectivity index (χ0v) is 11.2. The molecule has 0 spiro atoms. The molecule has 0 atom stereocenters. The fourth-order valence-corrected chi connectivity index (χ4v) is 1.69. The molecule has 1 N–H and O–H groups in total. The molecule has 0 saturated carbocycles. The molecule has 0 aliphatic carbocycles. The standard InChI is InChI=1S/C12H22N4O/c1-5-10-9-11(16(4)14-10)12(17)15(3)8-6-7-13-2/h9,13H,5-8H2,1-4H3. The maximum absolute atomic E-state index is 12.1. The molecule has 0 aliphatic rings. The van der Waals surface area contributed by atoms with Crippen molar-refractivity contribution in [3.8, 4) is 0 Å². The Bertz CT molecular complexity index is 373. The van der Waals surface area contributed by atoms with Crippen molar-refractivity contribution in [2.24, 2.45) is 7.05 Å². The Hall–Kier alpha value is -1.36. The summed E-state index contributed by atoms with van der Waals surface area (Å²) >= 11 is 0. The molecule has 0 fully saturated rings. The van der Waals surface area contributed by atoms with Gasteiger partial charge in [0.2, 0.25) is 0 Å². The summed E-state index contributed by atoms with van der Waals surface area (Å²) in [6, 6.07) is 1.87. The van der Waals surface area contributed by atoms with Crippen LogP contribution in [-0.4, -0.2) is 47.8 Å². The number of aromatic nitrogens is 2. The quantitative estimate of drug-likeness (QED) is 0.741. The van der Waals surface area contributed by atoms with E-state index in [0.29, 0.717) is 5.69 Å². The van der Waals surface area contributed by atoms with Crippen molar-refractivity contribution in [2.45, 2.75) is 19.8 Å². The largest absolute Gasteiger partial charge is 0.340 e. The van der Waals surface area contributed by atoms with E-state index in [0.717, 1.165) is 31.6 Å². The SMILES string of the molecule is CCc1cc(C(=O)N(C)CCCNC)n(C)n1. The maximum atomic E-state index is 12.1. The van der Waals surface area contributed by atoms with E-state index < -0.39 is 0 Å². The Morgan fingerprint density at radius 2 is 2.29 bits per heavy atom. The first kappa shape index (κ1) is 13.7. The van der Waals surface area contributed by atoms with E-state index in [1.165, 1.54) is 0 Å². The number of rotatable bonds is 6. The van der Waals surface area contributed by atoms with Crippen LogP contribution in [0.25, 0.3) is 0 Å². The maximum Gasteiger partial charge on any atom is 0.271 e. The van der Waals surface area contributed by atoms with Gasteiger partial charge in [0.05, 0.1) is 5.69 Å². The third kappa shape index (κ3) is 3.56. The number of nitrogens with zero attached hydrogens (tertiary/aromatic N) is 3. The first-order valence-corrected chi connectivity index (χ1v) is 6.03. The van der Waals surface area contributed by atoms with Crippen molar-refractivity contribution in [1.82, 2.24) is 20.0 Å². The second-order valence-electron chi connectivity index (χ2n) is 4.18. The molecule has 96 valence electrons. The molecule has 0 bridgehead atoms. The van der Waals surface area contributed by atoms with Gasteiger partial charge in [-0.2, -0.15) is 5.10 Å². The fraction of sp³-hybridized carbons (Fsp3) is 0.667. The van der Waals surface area contributed by atoms with Gasteiger partial charge in [0.1, 0.15) is 5.69 Å². The summed E-state index contributed by atoms with van der Waals surface area (Å²) in [7, 11) is 5.56. The molecule has 0 aliphatic heterocycles. The third-order valence-corrected chi connectivity index (χ3v) is 2.78. The van der Waals surface area contributed by atoms with Crippen molar-refractivity contribution in [3.05, 3.63) is 17.5 Å². The predicted octanol–water partition coefficient (Wildman–Crippen LogP) is 0.664. The van der Waals surface area contributed by atoms with Crippen molar-refractivity contribution < 1.29 is 4.79 Å². The Morgan fingerprint density at radius 1 is 1.59 bits per heavy atom. The van der Waals surface area contributed by atoms with Gasteiger partial charge in [0.25, 0.3) is 5.91 Å². The van der Waals surface area contributed by atoms with E-state index in [-0.39, 0.29) is 5.91 Å². The van der Waals surface area contributed by atoms with Crippen LogP contribution in [0.1, 0.15) is 29.5 Å². The van der Waals surface area contributed by atoms with Gasteiger partial charge in [-0.1, -0.05) is 6.92 Å². The van der Waals surface area contributed by atoms with Crippen LogP contribution in [0.4, 0.5) is 0 Å². The number of nitrogens with one attached hydrogen (secondary N) is 1. The van der Waals surface area contributed by atoms with Gasteiger partial charge in [-0.05, 0) is 32.5 Å². The van der Waals surface area contributed by atoms with Crippen LogP contribution in [0.5, 0.6) is 0 Å². The Kier molecular flexibility index (Phi) is 5.15. The first-order chi connectivity index (χ1) is 8.10. The average Bonchev–Trinajstić information content (AvgIpc) is 2.69. The zero-order valence-electron chi connectivity index (χ0n) is 11.2. The highest BCUT2D eigenvalue weighted by Gasteiger charge is 2.16. The lowest BCUT2D eigenvalue weighted by atomic mass is 10.3. The van der Waals surface area contributed by atoms with Gasteiger partial charge in [-0.25, -0.2) is 0 Å². The van der Waals surface area contributed by atoms with Crippen LogP contribution in [0.15, 0.2) is 6.07 Å². The third-order valence-electron chi connectivity index (χ3n) is 2.78. The normalized spacial score (nSPS) is 10.6. The summed E-state index contributed by atoms with van der Waals surface area (Å²) in [5.41, 5.74) is 1.62. The minimum atomic E-state index is 0.0378. The molecule has 0 unspecified atom stereocenters. The average molecular weight is 238 g/mol. The highest BCUT2D eigenvalue weighted by Crippen LogP contribution is 2.07. The number of hydrogen-bond acceptors (Lipinski definition) is 3. The highest BCUT2D eigenvalue weighted by atomic mass is 16.2. The summed E-state index contributed by atoms with van der Waals surface area (Å²) in [5.74, 6) is 0.0378.